The number of anilines is 1. The van der Waals surface area contributed by atoms with Crippen molar-refractivity contribution in [3.8, 4) is 11.8 Å². The molecule has 1 aliphatic heterocycles. The van der Waals surface area contributed by atoms with Gasteiger partial charge in [-0.3, -0.25) is 0 Å². The van der Waals surface area contributed by atoms with Gasteiger partial charge in [0.05, 0.1) is 6.33 Å². The Hall–Kier alpha value is -3.40. The minimum atomic E-state index is -1.19. The fraction of sp³-hybridized carbons (Fsp3) is 0.429. The van der Waals surface area contributed by atoms with E-state index in [1.54, 1.807) is 18.5 Å². The maximum Gasteiger partial charge on any atom is 0.339 e. The van der Waals surface area contributed by atoms with Gasteiger partial charge < -0.3 is 30.2 Å². The van der Waals surface area contributed by atoms with E-state index < -0.39 is 5.97 Å². The maximum atomic E-state index is 11.6. The van der Waals surface area contributed by atoms with Crippen LogP contribution in [0.5, 0.6) is 11.8 Å². The molecule has 2 aromatic heterocycles. The number of hydrogen-bond acceptors (Lipinski definition) is 8. The third kappa shape index (κ3) is 4.38. The summed E-state index contributed by atoms with van der Waals surface area (Å²) in [4.78, 5) is 25.1. The van der Waals surface area contributed by atoms with E-state index in [9.17, 15) is 15.0 Å². The number of phenols is 1. The first-order valence-electron chi connectivity index (χ1n) is 10.3. The van der Waals surface area contributed by atoms with Gasteiger partial charge in [0.25, 0.3) is 0 Å². The Labute approximate surface area is 179 Å². The number of piperidine rings is 1. The Kier molecular flexibility index (Phi) is 5.90. The van der Waals surface area contributed by atoms with Crippen molar-refractivity contribution in [2.75, 3.05) is 18.4 Å². The second kappa shape index (κ2) is 8.76. The molecule has 3 aromatic rings. The van der Waals surface area contributed by atoms with Gasteiger partial charge >= 0.3 is 12.0 Å². The molecule has 1 atom stereocenters. The lowest BCUT2D eigenvalue weighted by Gasteiger charge is -2.23. The highest BCUT2D eigenvalue weighted by molar-refractivity contribution is 5.92. The molecule has 31 heavy (non-hydrogen) atoms. The predicted octanol–water partition coefficient (Wildman–Crippen LogP) is 2.55. The van der Waals surface area contributed by atoms with Crippen LogP contribution in [0.15, 0.2) is 24.5 Å². The maximum absolute atomic E-state index is 11.6. The molecule has 1 fully saturated rings. The van der Waals surface area contributed by atoms with Crippen LogP contribution in [0.3, 0.4) is 0 Å². The number of aromatic hydroxyl groups is 1. The quantitative estimate of drug-likeness (QED) is 0.449. The molecule has 0 aliphatic carbocycles. The van der Waals surface area contributed by atoms with Crippen LogP contribution in [-0.2, 0) is 6.54 Å². The van der Waals surface area contributed by atoms with Crippen molar-refractivity contribution < 1.29 is 19.7 Å². The van der Waals surface area contributed by atoms with E-state index in [0.29, 0.717) is 22.5 Å². The van der Waals surface area contributed by atoms with Crippen molar-refractivity contribution in [3.63, 3.8) is 0 Å². The Morgan fingerprint density at radius 3 is 2.94 bits per heavy atom. The van der Waals surface area contributed by atoms with Crippen LogP contribution in [0.25, 0.3) is 11.2 Å². The van der Waals surface area contributed by atoms with Gasteiger partial charge in [-0.1, -0.05) is 12.1 Å². The number of carbonyl (C=O) groups is 1. The van der Waals surface area contributed by atoms with E-state index in [0.717, 1.165) is 25.9 Å². The van der Waals surface area contributed by atoms with Crippen LogP contribution >= 0.6 is 0 Å². The highest BCUT2D eigenvalue weighted by Crippen LogP contribution is 2.27. The summed E-state index contributed by atoms with van der Waals surface area (Å²) in [5.41, 5.74) is 1.50. The molecule has 0 radical (unpaired) electrons. The van der Waals surface area contributed by atoms with Crippen LogP contribution in [-0.4, -0.2) is 54.9 Å². The van der Waals surface area contributed by atoms with Gasteiger partial charge in [0.1, 0.15) is 17.4 Å². The van der Waals surface area contributed by atoms with Crippen LogP contribution in [0, 0.1) is 0 Å². The van der Waals surface area contributed by atoms with E-state index in [4.69, 9.17) is 4.74 Å². The summed E-state index contributed by atoms with van der Waals surface area (Å²) in [5.74, 6) is -1.03. The molecular formula is C21H26N6O4. The lowest BCUT2D eigenvalue weighted by atomic mass is 10.1. The molecule has 1 aliphatic rings. The van der Waals surface area contributed by atoms with E-state index in [1.165, 1.54) is 6.07 Å². The number of fused-ring (bicyclic) bond motifs is 1. The third-order valence-electron chi connectivity index (χ3n) is 5.27. The molecular weight excluding hydrogens is 400 g/mol. The Morgan fingerprint density at radius 1 is 1.39 bits per heavy atom. The van der Waals surface area contributed by atoms with Gasteiger partial charge in [-0.2, -0.15) is 9.97 Å². The van der Waals surface area contributed by atoms with Crippen molar-refractivity contribution in [3.05, 3.63) is 35.7 Å². The first-order valence-corrected chi connectivity index (χ1v) is 10.3. The van der Waals surface area contributed by atoms with Gasteiger partial charge in [0, 0.05) is 19.1 Å². The van der Waals surface area contributed by atoms with E-state index in [2.05, 4.69) is 25.6 Å². The molecule has 4 N–H and O–H groups in total. The summed E-state index contributed by atoms with van der Waals surface area (Å²) in [7, 11) is 0. The number of benzene rings is 1. The summed E-state index contributed by atoms with van der Waals surface area (Å²) < 4.78 is 7.98. The standard InChI is InChI=1S/C21H26N6O4/c1-12(2)27-11-24-17-18(23-9-13-5-3-7-15(28)16(13)20(29)30)25-21(26-19(17)27)31-14-6-4-8-22-10-14/h3,5,7,11-12,14,22,28H,4,6,8-10H2,1-2H3,(H,29,30)(H,23,25,26)/t14-/m1/s1. The van der Waals surface area contributed by atoms with Crippen LogP contribution in [0.2, 0.25) is 0 Å². The monoisotopic (exact) mass is 426 g/mol. The van der Waals surface area contributed by atoms with Gasteiger partial charge in [-0.05, 0) is 44.9 Å². The summed E-state index contributed by atoms with van der Waals surface area (Å²) in [5, 5.41) is 25.9. The number of ether oxygens (including phenoxy) is 1. The SMILES string of the molecule is CC(C)n1cnc2c(NCc3cccc(O)c3C(=O)O)nc(O[C@@H]3CCCNC3)nc21. The summed E-state index contributed by atoms with van der Waals surface area (Å²) in [6.45, 7) is 5.92. The number of aromatic carboxylic acids is 1. The number of nitrogens with zero attached hydrogens (tertiary/aromatic N) is 4. The largest absolute Gasteiger partial charge is 0.507 e. The van der Waals surface area contributed by atoms with Crippen LogP contribution in [0.4, 0.5) is 5.82 Å². The number of rotatable bonds is 7. The van der Waals surface area contributed by atoms with Gasteiger partial charge in [-0.15, -0.1) is 0 Å². The lowest BCUT2D eigenvalue weighted by Crippen LogP contribution is -2.37. The highest BCUT2D eigenvalue weighted by atomic mass is 16.5. The fourth-order valence-electron chi connectivity index (χ4n) is 3.68. The molecule has 0 bridgehead atoms. The summed E-state index contributed by atoms with van der Waals surface area (Å²) in [6, 6.07) is 4.99. The number of hydrogen-bond donors (Lipinski definition) is 4. The Bertz CT molecular complexity index is 1090. The van der Waals surface area contributed by atoms with Crippen molar-refractivity contribution >= 4 is 23.0 Å². The number of aromatic nitrogens is 4. The number of nitrogens with one attached hydrogen (secondary N) is 2. The number of carboxylic acid groups (broad SMARTS) is 1. The zero-order valence-electron chi connectivity index (χ0n) is 17.5. The smallest absolute Gasteiger partial charge is 0.339 e. The molecule has 4 rings (SSSR count). The zero-order valence-corrected chi connectivity index (χ0v) is 17.5. The van der Waals surface area contributed by atoms with Crippen molar-refractivity contribution in [1.82, 2.24) is 24.8 Å². The average molecular weight is 426 g/mol. The van der Waals surface area contributed by atoms with Gasteiger partial charge in [0.15, 0.2) is 17.0 Å². The molecule has 0 saturated carbocycles. The molecule has 10 heteroatoms. The van der Waals surface area contributed by atoms with Gasteiger partial charge in [0.2, 0.25) is 0 Å². The minimum Gasteiger partial charge on any atom is -0.507 e. The molecule has 1 saturated heterocycles. The molecule has 0 spiro atoms. The van der Waals surface area contributed by atoms with Crippen LogP contribution < -0.4 is 15.4 Å². The van der Waals surface area contributed by atoms with E-state index >= 15 is 0 Å². The average Bonchev–Trinajstić information content (AvgIpc) is 3.17. The molecule has 10 nitrogen and oxygen atoms in total. The van der Waals surface area contributed by atoms with Crippen LogP contribution in [0.1, 0.15) is 48.7 Å². The molecule has 3 heterocycles. The second-order valence-electron chi connectivity index (χ2n) is 7.83. The molecule has 0 unspecified atom stereocenters. The summed E-state index contributed by atoms with van der Waals surface area (Å²) >= 11 is 0. The number of carboxylic acids is 1. The lowest BCUT2D eigenvalue weighted by molar-refractivity contribution is 0.0692. The second-order valence-corrected chi connectivity index (χ2v) is 7.83. The highest BCUT2D eigenvalue weighted by Gasteiger charge is 2.21. The first-order chi connectivity index (χ1) is 14.9. The molecule has 164 valence electrons. The van der Waals surface area contributed by atoms with Gasteiger partial charge in [-0.25, -0.2) is 9.78 Å². The number of imidazole rings is 1. The molecule has 1 aromatic carbocycles. The van der Waals surface area contributed by atoms with E-state index in [1.807, 2.05) is 18.4 Å². The normalized spacial score (nSPS) is 16.5. The fourth-order valence-corrected chi connectivity index (χ4v) is 3.68. The van der Waals surface area contributed by atoms with Crippen molar-refractivity contribution in [2.24, 2.45) is 0 Å². The summed E-state index contributed by atoms with van der Waals surface area (Å²) in [6.07, 6.45) is 3.64. The Balaban J connectivity index is 1.67. The first kappa shape index (κ1) is 20.9. The minimum absolute atomic E-state index is 0.0147. The third-order valence-corrected chi connectivity index (χ3v) is 5.27. The van der Waals surface area contributed by atoms with Crippen molar-refractivity contribution in [2.45, 2.75) is 45.4 Å². The zero-order chi connectivity index (χ0) is 22.0. The van der Waals surface area contributed by atoms with E-state index in [-0.39, 0.29) is 36.0 Å². The Morgan fingerprint density at radius 2 is 2.23 bits per heavy atom. The molecule has 0 amide bonds. The topological polar surface area (TPSA) is 134 Å². The van der Waals surface area contributed by atoms with Crippen molar-refractivity contribution in [1.29, 1.82) is 0 Å². The predicted molar refractivity (Wildman–Crippen MR) is 115 cm³/mol.